The second kappa shape index (κ2) is 14.4. The van der Waals surface area contributed by atoms with Crippen LogP contribution in [-0.2, 0) is 0 Å². The standard InChI is InChI=1S/C64H39NO/c1-3-20-40(21-4-1)58-42-24-7-9-26-44(42)60(45-27-10-8-25-43(45)58)52-34-18-38-56-63(52)64-53(35-19-39-57(64)66-56)61-48-30-13-11-28-46(48)59(47-29-12-14-31-49(47)61)51-33-17-37-55-62(51)50-32-15-16-36-54(50)65(55)41-22-5-2-6-23-41/h1-39H. The highest BCUT2D eigenvalue weighted by atomic mass is 16.3. The first-order valence-electron chi connectivity index (χ1n) is 22.8. The number of nitrogens with zero attached hydrogens (tertiary/aromatic N) is 1. The predicted molar refractivity (Wildman–Crippen MR) is 280 cm³/mol. The number of aromatic nitrogens is 1. The van der Waals surface area contributed by atoms with E-state index >= 15 is 0 Å². The minimum atomic E-state index is 0.875. The van der Waals surface area contributed by atoms with Crippen molar-refractivity contribution < 1.29 is 4.42 Å². The minimum Gasteiger partial charge on any atom is -0.456 e. The van der Waals surface area contributed by atoms with Gasteiger partial charge in [0, 0.05) is 27.2 Å². The number of furan rings is 1. The fourth-order valence-electron chi connectivity index (χ4n) is 11.4. The van der Waals surface area contributed by atoms with Gasteiger partial charge in [-0.25, -0.2) is 0 Å². The zero-order valence-corrected chi connectivity index (χ0v) is 35.9. The molecule has 0 amide bonds. The second-order valence-electron chi connectivity index (χ2n) is 17.4. The van der Waals surface area contributed by atoms with Crippen LogP contribution in [0, 0.1) is 0 Å². The lowest BCUT2D eigenvalue weighted by molar-refractivity contribution is 0.669. The topological polar surface area (TPSA) is 18.1 Å². The Labute approximate surface area is 380 Å². The molecule has 0 atom stereocenters. The maximum absolute atomic E-state index is 6.94. The summed E-state index contributed by atoms with van der Waals surface area (Å²) >= 11 is 0. The fraction of sp³-hybridized carbons (Fsp3) is 0. The van der Waals surface area contributed by atoms with Crippen molar-refractivity contribution in [1.82, 2.24) is 4.57 Å². The van der Waals surface area contributed by atoms with Gasteiger partial charge in [0.15, 0.2) is 0 Å². The van der Waals surface area contributed by atoms with Crippen LogP contribution in [0.25, 0.3) is 137 Å². The van der Waals surface area contributed by atoms with E-state index in [-0.39, 0.29) is 0 Å². The molecule has 12 aromatic carbocycles. The van der Waals surface area contributed by atoms with E-state index in [9.17, 15) is 0 Å². The van der Waals surface area contributed by atoms with Gasteiger partial charge in [-0.15, -0.1) is 0 Å². The lowest BCUT2D eigenvalue weighted by Gasteiger charge is -2.20. The molecule has 14 aromatic rings. The SMILES string of the molecule is c1ccc(-c2c3ccccc3c(-c3cccc4oc5cccc(-c6c7ccccc7c(-c7cccc8c7c7ccccc7n8-c7ccccc7)c7ccccc67)c5c34)c3ccccc23)cc1. The van der Waals surface area contributed by atoms with Crippen molar-refractivity contribution in [3.63, 3.8) is 0 Å². The molecule has 0 bridgehead atoms. The zero-order chi connectivity index (χ0) is 43.3. The van der Waals surface area contributed by atoms with E-state index < -0.39 is 0 Å². The van der Waals surface area contributed by atoms with Gasteiger partial charge in [0.2, 0.25) is 0 Å². The molecule has 2 nitrogen and oxygen atoms in total. The molecule has 66 heavy (non-hydrogen) atoms. The van der Waals surface area contributed by atoms with E-state index in [0.717, 1.165) is 38.8 Å². The first-order chi connectivity index (χ1) is 32.8. The third-order valence-electron chi connectivity index (χ3n) is 14.0. The molecule has 2 heteroatoms. The third kappa shape index (κ3) is 5.24. The number of fused-ring (bicyclic) bond motifs is 10. The first-order valence-corrected chi connectivity index (χ1v) is 22.8. The molecule has 14 rings (SSSR count). The van der Waals surface area contributed by atoms with Crippen LogP contribution in [-0.4, -0.2) is 4.57 Å². The van der Waals surface area contributed by atoms with E-state index in [2.05, 4.69) is 241 Å². The molecule has 0 spiro atoms. The van der Waals surface area contributed by atoms with E-state index in [0.29, 0.717) is 0 Å². The molecule has 2 aromatic heterocycles. The molecule has 0 unspecified atom stereocenters. The summed E-state index contributed by atoms with van der Waals surface area (Å²) in [7, 11) is 0. The minimum absolute atomic E-state index is 0.875. The van der Waals surface area contributed by atoms with E-state index in [4.69, 9.17) is 4.42 Å². The molecule has 0 N–H and O–H groups in total. The molecular weight excluding hydrogens is 799 g/mol. The summed E-state index contributed by atoms with van der Waals surface area (Å²) in [5.41, 5.74) is 15.0. The van der Waals surface area contributed by atoms with E-state index in [1.165, 1.54) is 98.3 Å². The molecule has 0 saturated carbocycles. The Morgan fingerprint density at radius 1 is 0.242 bits per heavy atom. The quantitative estimate of drug-likeness (QED) is 0.158. The van der Waals surface area contributed by atoms with Crippen LogP contribution in [0.1, 0.15) is 0 Å². The maximum atomic E-state index is 6.94. The van der Waals surface area contributed by atoms with E-state index in [1.807, 2.05) is 0 Å². The highest BCUT2D eigenvalue weighted by Crippen LogP contribution is 2.52. The van der Waals surface area contributed by atoms with Crippen LogP contribution < -0.4 is 0 Å². The van der Waals surface area contributed by atoms with Gasteiger partial charge < -0.3 is 8.98 Å². The summed E-state index contributed by atoms with van der Waals surface area (Å²) < 4.78 is 9.35. The highest BCUT2D eigenvalue weighted by Gasteiger charge is 2.25. The van der Waals surface area contributed by atoms with Crippen LogP contribution >= 0.6 is 0 Å². The van der Waals surface area contributed by atoms with Crippen LogP contribution in [0.3, 0.4) is 0 Å². The molecule has 0 saturated heterocycles. The van der Waals surface area contributed by atoms with Crippen molar-refractivity contribution in [3.05, 3.63) is 237 Å². The highest BCUT2D eigenvalue weighted by molar-refractivity contribution is 6.31. The molecule has 0 radical (unpaired) electrons. The van der Waals surface area contributed by atoms with Crippen molar-refractivity contribution >= 4 is 86.8 Å². The van der Waals surface area contributed by atoms with Crippen LogP contribution in [0.15, 0.2) is 241 Å². The summed E-state index contributed by atoms with van der Waals surface area (Å²) in [5, 5.41) is 14.5. The smallest absolute Gasteiger partial charge is 0.136 e. The number of hydrogen-bond donors (Lipinski definition) is 0. The Morgan fingerprint density at radius 3 is 1.06 bits per heavy atom. The van der Waals surface area contributed by atoms with Crippen molar-refractivity contribution in [2.45, 2.75) is 0 Å². The Hall–Kier alpha value is -8.72. The van der Waals surface area contributed by atoms with Crippen molar-refractivity contribution in [1.29, 1.82) is 0 Å². The summed E-state index contributed by atoms with van der Waals surface area (Å²) in [6.45, 7) is 0. The van der Waals surface area contributed by atoms with Crippen LogP contribution in [0.5, 0.6) is 0 Å². The molecule has 0 aliphatic heterocycles. The van der Waals surface area contributed by atoms with E-state index in [1.54, 1.807) is 0 Å². The molecule has 0 fully saturated rings. The number of rotatable bonds is 5. The molecule has 2 heterocycles. The molecule has 306 valence electrons. The largest absolute Gasteiger partial charge is 0.456 e. The van der Waals surface area contributed by atoms with Gasteiger partial charge in [0.05, 0.1) is 11.0 Å². The van der Waals surface area contributed by atoms with Crippen molar-refractivity contribution in [2.75, 3.05) is 0 Å². The van der Waals surface area contributed by atoms with Gasteiger partial charge in [0.1, 0.15) is 11.2 Å². The third-order valence-corrected chi connectivity index (χ3v) is 14.0. The Bertz CT molecular complexity index is 4160. The number of benzene rings is 12. The second-order valence-corrected chi connectivity index (χ2v) is 17.4. The van der Waals surface area contributed by atoms with Gasteiger partial charge >= 0.3 is 0 Å². The Kier molecular flexibility index (Phi) is 8.02. The van der Waals surface area contributed by atoms with Crippen molar-refractivity contribution in [3.8, 4) is 50.2 Å². The zero-order valence-electron chi connectivity index (χ0n) is 35.9. The lowest BCUT2D eigenvalue weighted by atomic mass is 9.82. The first kappa shape index (κ1) is 36.7. The van der Waals surface area contributed by atoms with Crippen molar-refractivity contribution in [2.24, 2.45) is 0 Å². The number of para-hydroxylation sites is 2. The summed E-state index contributed by atoms with van der Waals surface area (Å²) in [4.78, 5) is 0. The maximum Gasteiger partial charge on any atom is 0.136 e. The summed E-state index contributed by atoms with van der Waals surface area (Å²) in [6.07, 6.45) is 0. The average Bonchev–Trinajstić information content (AvgIpc) is 3.94. The Morgan fingerprint density at radius 2 is 0.591 bits per heavy atom. The van der Waals surface area contributed by atoms with Gasteiger partial charge in [-0.2, -0.15) is 0 Å². The summed E-state index contributed by atoms with van der Waals surface area (Å²) in [6, 6.07) is 86.3. The lowest BCUT2D eigenvalue weighted by Crippen LogP contribution is -1.94. The molecule has 0 aliphatic carbocycles. The van der Waals surface area contributed by atoms with Crippen LogP contribution in [0.4, 0.5) is 0 Å². The van der Waals surface area contributed by atoms with Gasteiger partial charge in [0.25, 0.3) is 0 Å². The van der Waals surface area contributed by atoms with Gasteiger partial charge in [-0.05, 0) is 124 Å². The number of hydrogen-bond acceptors (Lipinski definition) is 1. The van der Waals surface area contributed by atoms with Gasteiger partial charge in [-0.3, -0.25) is 0 Å². The Balaban J connectivity index is 1.09. The summed E-state index contributed by atoms with van der Waals surface area (Å²) in [5.74, 6) is 0. The molecule has 0 aliphatic rings. The average molecular weight is 838 g/mol. The van der Waals surface area contributed by atoms with Gasteiger partial charge in [-0.1, -0.05) is 200 Å². The van der Waals surface area contributed by atoms with Crippen LogP contribution in [0.2, 0.25) is 0 Å². The fourth-order valence-corrected chi connectivity index (χ4v) is 11.4. The normalized spacial score (nSPS) is 11.9. The monoisotopic (exact) mass is 837 g/mol. The predicted octanol–water partition coefficient (Wildman–Crippen LogP) is 18.0. The molecular formula is C64H39NO.